The van der Waals surface area contributed by atoms with Crippen molar-refractivity contribution in [3.8, 4) is 51.7 Å². The van der Waals surface area contributed by atoms with Gasteiger partial charge in [-0.05, 0) is 219 Å². The molecule has 0 atom stereocenters. The molecule has 0 bridgehead atoms. The normalized spacial score (nSPS) is 10.9. The Bertz CT molecular complexity index is 4410. The zero-order valence-corrected chi connectivity index (χ0v) is 59.0. The molecular weight excluding hydrogens is 1410 g/mol. The summed E-state index contributed by atoms with van der Waals surface area (Å²) in [5.41, 5.74) is 7.47. The summed E-state index contributed by atoms with van der Waals surface area (Å²) in [6, 6.07) is 78.0. The average Bonchev–Trinajstić information content (AvgIpc) is 0.802. The summed E-state index contributed by atoms with van der Waals surface area (Å²) in [6.07, 6.45) is 0. The molecule has 0 aliphatic rings. The molecule has 0 unspecified atom stereocenters. The van der Waals surface area contributed by atoms with Crippen LogP contribution in [0.3, 0.4) is 0 Å². The molecule has 21 nitrogen and oxygen atoms in total. The second-order valence-corrected chi connectivity index (χ2v) is 27.1. The van der Waals surface area contributed by atoms with Gasteiger partial charge in [0.15, 0.2) is 0 Å². The highest BCUT2D eigenvalue weighted by Crippen LogP contribution is 2.37. The summed E-state index contributed by atoms with van der Waals surface area (Å²) in [6.45, 7) is 1.09. The predicted octanol–water partition coefficient (Wildman–Crippen LogP) is 15.8. The maximum atomic E-state index is 11.5. The monoisotopic (exact) mass is 1480 g/mol. The summed E-state index contributed by atoms with van der Waals surface area (Å²) in [5.74, 6) is -1.76. The lowest BCUT2D eigenvalue weighted by atomic mass is 10.1. The van der Waals surface area contributed by atoms with Crippen molar-refractivity contribution in [3.63, 3.8) is 0 Å². The summed E-state index contributed by atoms with van der Waals surface area (Å²) in [7, 11) is -1.28. The molecule has 12 aromatic rings. The number of ether oxygens (including phenoxy) is 9. The first-order valence-corrected chi connectivity index (χ1v) is 35.3. The van der Waals surface area contributed by atoms with E-state index in [2.05, 4.69) is 0 Å². The van der Waals surface area contributed by atoms with Gasteiger partial charge in [-0.2, -0.15) is 0 Å². The van der Waals surface area contributed by atoms with Crippen molar-refractivity contribution in [2.45, 2.75) is 59.5 Å². The van der Waals surface area contributed by atoms with Crippen LogP contribution in [0.1, 0.15) is 112 Å². The van der Waals surface area contributed by atoms with Crippen molar-refractivity contribution in [2.75, 3.05) is 0 Å². The Morgan fingerprint density at radius 2 is 0.330 bits per heavy atom. The minimum atomic E-state index is -1.28. The fourth-order valence-corrected chi connectivity index (χ4v) is 13.4. The van der Waals surface area contributed by atoms with E-state index in [-0.39, 0.29) is 92.8 Å². The summed E-state index contributed by atoms with van der Waals surface area (Å²) >= 11 is 0. The quantitative estimate of drug-likeness (QED) is 0.0199. The van der Waals surface area contributed by atoms with Gasteiger partial charge in [0.05, 0.1) is 33.4 Å². The first kappa shape index (κ1) is 74.8. The van der Waals surface area contributed by atoms with Gasteiger partial charge < -0.3 is 73.3 Å². The van der Waals surface area contributed by atoms with E-state index in [0.717, 1.165) is 49.3 Å². The molecule has 6 N–H and O–H groups in total. The third-order valence-corrected chi connectivity index (χ3v) is 19.4. The smallest absolute Gasteiger partial charge is 0.335 e. The molecule has 12 aromatic carbocycles. The molecule has 0 spiro atoms. The maximum Gasteiger partial charge on any atom is 0.335 e. The fourth-order valence-electron chi connectivity index (χ4n) is 11.1. The number of hydrogen-bond acceptors (Lipinski definition) is 15. The summed E-state index contributed by atoms with van der Waals surface area (Å²) in [5, 5.41) is 59.6. The molecule has 109 heavy (non-hydrogen) atoms. The van der Waals surface area contributed by atoms with Crippen LogP contribution >= 0.6 is 7.92 Å². The molecule has 0 amide bonds. The van der Waals surface area contributed by atoms with Crippen LogP contribution in [0.4, 0.5) is 0 Å². The van der Waals surface area contributed by atoms with Crippen molar-refractivity contribution < 1.29 is 102 Å². The van der Waals surface area contributed by atoms with Crippen LogP contribution in [-0.4, -0.2) is 66.5 Å². The SMILES string of the molecule is O=C(O)c1ccc(COc2cc(COc3ccc(P(c4ccc(OCc5cc(OCc6ccc(C(=O)O)cc6)cc(OCc6ccc(C(=O)O)cc6)c5)cc4)c4ccc(OCc5cc(OCc6ccc(C(=O)O)cc6)cc(OCc6ccc(C(=O)O)cc6)c5)cc4)cc3)cc(OCc3ccc(C(=O)O)cc3)c2)cc1. The summed E-state index contributed by atoms with van der Waals surface area (Å²) < 4.78 is 56.8. The number of rotatable bonds is 36. The van der Waals surface area contributed by atoms with Gasteiger partial charge in [-0.1, -0.05) is 109 Å². The highest BCUT2D eigenvalue weighted by Gasteiger charge is 2.20. The van der Waals surface area contributed by atoms with Gasteiger partial charge >= 0.3 is 35.8 Å². The molecular formula is C87H69O21P. The van der Waals surface area contributed by atoms with Gasteiger partial charge in [0, 0.05) is 18.2 Å². The number of benzene rings is 12. The Hall–Kier alpha value is -13.9. The second kappa shape index (κ2) is 35.7. The molecule has 0 aromatic heterocycles. The number of carbonyl (C=O) groups is 6. The second-order valence-electron chi connectivity index (χ2n) is 24.9. The summed E-state index contributed by atoms with van der Waals surface area (Å²) in [4.78, 5) is 69.2. The average molecular weight is 1480 g/mol. The van der Waals surface area contributed by atoms with Crippen LogP contribution in [0.15, 0.2) is 273 Å². The molecule has 0 saturated heterocycles. The van der Waals surface area contributed by atoms with Crippen LogP contribution in [0.5, 0.6) is 51.7 Å². The molecule has 0 radical (unpaired) electrons. The first-order chi connectivity index (χ1) is 52.8. The van der Waals surface area contributed by atoms with E-state index < -0.39 is 43.7 Å². The minimum absolute atomic E-state index is 0.104. The van der Waals surface area contributed by atoms with Crippen molar-refractivity contribution >= 4 is 59.7 Å². The van der Waals surface area contributed by atoms with E-state index in [4.69, 9.17) is 42.6 Å². The fraction of sp³-hybridized carbons (Fsp3) is 0.103. The third-order valence-electron chi connectivity index (χ3n) is 17.0. The Labute approximate surface area is 626 Å². The van der Waals surface area contributed by atoms with Gasteiger partial charge in [-0.25, -0.2) is 28.8 Å². The van der Waals surface area contributed by atoms with Crippen molar-refractivity contribution in [1.82, 2.24) is 0 Å². The predicted molar refractivity (Wildman–Crippen MR) is 404 cm³/mol. The number of aromatic carboxylic acids is 6. The number of carboxylic acid groups (broad SMARTS) is 6. The molecule has 12 rings (SSSR count). The number of carboxylic acids is 6. The molecule has 0 fully saturated rings. The minimum Gasteiger partial charge on any atom is -0.489 e. The van der Waals surface area contributed by atoms with Crippen LogP contribution in [0, 0.1) is 0 Å². The van der Waals surface area contributed by atoms with E-state index in [1.807, 2.05) is 109 Å². The Morgan fingerprint density at radius 1 is 0.183 bits per heavy atom. The zero-order chi connectivity index (χ0) is 76.2. The molecule has 0 aliphatic heterocycles. The largest absolute Gasteiger partial charge is 0.489 e. The van der Waals surface area contributed by atoms with E-state index in [1.54, 1.807) is 91.0 Å². The molecule has 548 valence electrons. The van der Waals surface area contributed by atoms with Crippen LogP contribution in [-0.2, 0) is 59.5 Å². The van der Waals surface area contributed by atoms with Gasteiger partial charge in [0.1, 0.15) is 111 Å². The van der Waals surface area contributed by atoms with Gasteiger partial charge in [-0.15, -0.1) is 0 Å². The Balaban J connectivity index is 0.790. The van der Waals surface area contributed by atoms with Crippen LogP contribution in [0.25, 0.3) is 0 Å². The van der Waals surface area contributed by atoms with Crippen molar-refractivity contribution in [1.29, 1.82) is 0 Å². The van der Waals surface area contributed by atoms with Crippen molar-refractivity contribution in [2.24, 2.45) is 0 Å². The lowest BCUT2D eigenvalue weighted by Crippen LogP contribution is -2.20. The lowest BCUT2D eigenvalue weighted by molar-refractivity contribution is 0.0686. The molecule has 22 heteroatoms. The maximum absolute atomic E-state index is 11.5. The number of hydrogen-bond donors (Lipinski definition) is 6. The standard InChI is InChI=1S/C87H69O21P/c88-82(89)64-13-1-55(2-14-64)46-103-73-37-61(38-74(43-73)104-47-56-3-15-65(16-4-56)83(90)91)52-100-70-25-31-79(32-26-70)109(80-33-27-71(28-34-80)101-53-62-39-75(105-48-57-5-17-66(18-6-57)84(92)93)44-76(40-62)106-49-58-7-19-67(20-8-58)85(94)95)81-35-29-72(30-36-81)102-54-63-41-77(107-50-59-9-21-68(22-10-59)86(96)97)45-78(42-63)108-51-60-11-23-69(24-12-60)87(98)99/h1-45H,46-54H2,(H,88,89)(H,90,91)(H,92,93)(H,94,95)(H,96,97)(H,98,99). The third kappa shape index (κ3) is 21.4. The molecule has 0 saturated carbocycles. The topological polar surface area (TPSA) is 307 Å². The van der Waals surface area contributed by atoms with Gasteiger partial charge in [0.2, 0.25) is 0 Å². The highest BCUT2D eigenvalue weighted by molar-refractivity contribution is 7.79. The van der Waals surface area contributed by atoms with E-state index in [0.29, 0.717) is 68.4 Å². The zero-order valence-electron chi connectivity index (χ0n) is 58.1. The van der Waals surface area contributed by atoms with E-state index in [1.165, 1.54) is 72.8 Å². The van der Waals surface area contributed by atoms with Gasteiger partial charge in [-0.3, -0.25) is 0 Å². The molecule has 0 heterocycles. The van der Waals surface area contributed by atoms with Crippen molar-refractivity contribution in [3.05, 3.63) is 356 Å². The Morgan fingerprint density at radius 3 is 0.486 bits per heavy atom. The molecule has 0 aliphatic carbocycles. The van der Waals surface area contributed by atoms with E-state index in [9.17, 15) is 59.4 Å². The lowest BCUT2D eigenvalue weighted by Gasteiger charge is -2.21. The van der Waals surface area contributed by atoms with Gasteiger partial charge in [0.25, 0.3) is 0 Å². The van der Waals surface area contributed by atoms with E-state index >= 15 is 0 Å². The van der Waals surface area contributed by atoms with Crippen LogP contribution < -0.4 is 58.5 Å². The van der Waals surface area contributed by atoms with Crippen LogP contribution in [0.2, 0.25) is 0 Å². The Kier molecular flexibility index (Phi) is 24.5. The highest BCUT2D eigenvalue weighted by atomic mass is 31.1. The first-order valence-electron chi connectivity index (χ1n) is 33.9.